The molecule has 76 valence electrons. The lowest BCUT2D eigenvalue weighted by Crippen LogP contribution is -1.95. The number of hydrogen-bond acceptors (Lipinski definition) is 3. The molecule has 0 aliphatic carbocycles. The van der Waals surface area contributed by atoms with Crippen LogP contribution in [0.25, 0.3) is 0 Å². The molecule has 0 fully saturated rings. The van der Waals surface area contributed by atoms with Crippen molar-refractivity contribution in [2.24, 2.45) is 0 Å². The number of methoxy groups -OCH3 is 2. The van der Waals surface area contributed by atoms with Crippen LogP contribution in [0.5, 0.6) is 11.5 Å². The van der Waals surface area contributed by atoms with E-state index < -0.39 is 0 Å². The number of halogens is 2. The Labute approximate surface area is 98.6 Å². The largest absolute Gasteiger partial charge is 0.495 e. The van der Waals surface area contributed by atoms with Gasteiger partial charge in [0.05, 0.1) is 24.3 Å². The van der Waals surface area contributed by atoms with Gasteiger partial charge in [0.1, 0.15) is 10.2 Å². The maximum Gasteiger partial charge on any atom is 0.153 e. The average molecular weight is 324 g/mol. The summed E-state index contributed by atoms with van der Waals surface area (Å²) in [4.78, 5) is 10.7. The second-order valence-corrected chi connectivity index (χ2v) is 4.09. The Hall–Kier alpha value is -0.550. The number of ether oxygens (including phenoxy) is 2. The van der Waals surface area contributed by atoms with Crippen LogP contribution in [0.2, 0.25) is 0 Å². The van der Waals surface area contributed by atoms with Crippen LogP contribution in [-0.4, -0.2) is 20.5 Å². The minimum atomic E-state index is 0.465. The van der Waals surface area contributed by atoms with Crippen LogP contribution in [0.4, 0.5) is 0 Å². The van der Waals surface area contributed by atoms with E-state index in [2.05, 4.69) is 31.9 Å². The third kappa shape index (κ3) is 1.93. The minimum Gasteiger partial charge on any atom is -0.495 e. The van der Waals surface area contributed by atoms with E-state index in [1.807, 2.05) is 0 Å². The summed E-state index contributed by atoms with van der Waals surface area (Å²) in [6.45, 7) is 0. The fourth-order valence-corrected chi connectivity index (χ4v) is 2.72. The van der Waals surface area contributed by atoms with Gasteiger partial charge >= 0.3 is 0 Å². The maximum absolute atomic E-state index is 10.7. The zero-order valence-corrected chi connectivity index (χ0v) is 10.8. The van der Waals surface area contributed by atoms with Gasteiger partial charge in [0.15, 0.2) is 12.0 Å². The molecule has 1 aromatic rings. The molecule has 0 saturated carbocycles. The third-order valence-electron chi connectivity index (χ3n) is 1.70. The van der Waals surface area contributed by atoms with Crippen molar-refractivity contribution in [3.63, 3.8) is 0 Å². The highest BCUT2D eigenvalue weighted by molar-refractivity contribution is 9.11. The predicted molar refractivity (Wildman–Crippen MR) is 60.3 cm³/mol. The van der Waals surface area contributed by atoms with Gasteiger partial charge in [-0.1, -0.05) is 0 Å². The quantitative estimate of drug-likeness (QED) is 0.802. The fraction of sp³-hybridized carbons (Fsp3) is 0.222. The Morgan fingerprint density at radius 1 is 1.21 bits per heavy atom. The van der Waals surface area contributed by atoms with Gasteiger partial charge in [-0.05, 0) is 37.9 Å². The van der Waals surface area contributed by atoms with E-state index >= 15 is 0 Å². The fourth-order valence-electron chi connectivity index (χ4n) is 1.08. The Kier molecular flexibility index (Phi) is 3.95. The lowest BCUT2D eigenvalue weighted by molar-refractivity contribution is 0.112. The van der Waals surface area contributed by atoms with Crippen molar-refractivity contribution in [1.82, 2.24) is 0 Å². The Morgan fingerprint density at radius 3 is 2.21 bits per heavy atom. The molecule has 1 rings (SSSR count). The van der Waals surface area contributed by atoms with Gasteiger partial charge in [-0.2, -0.15) is 0 Å². The summed E-state index contributed by atoms with van der Waals surface area (Å²) in [6, 6.07) is 1.65. The van der Waals surface area contributed by atoms with Crippen LogP contribution in [-0.2, 0) is 0 Å². The van der Waals surface area contributed by atoms with Gasteiger partial charge in [-0.15, -0.1) is 0 Å². The van der Waals surface area contributed by atoms with Crippen molar-refractivity contribution in [1.29, 1.82) is 0 Å². The van der Waals surface area contributed by atoms with Crippen molar-refractivity contribution < 1.29 is 14.3 Å². The summed E-state index contributed by atoms with van der Waals surface area (Å²) in [5.74, 6) is 1.08. The number of carbonyl (C=O) groups is 1. The molecule has 0 aromatic heterocycles. The first-order valence-corrected chi connectivity index (χ1v) is 5.29. The van der Waals surface area contributed by atoms with Crippen molar-refractivity contribution in [3.8, 4) is 11.5 Å². The standard InChI is InChI=1S/C9H8Br2O3/c1-13-8-5(4-12)3-6(10)9(14-2)7(8)11/h3-4H,1-2H3. The molecule has 0 N–H and O–H groups in total. The van der Waals surface area contributed by atoms with E-state index in [4.69, 9.17) is 9.47 Å². The number of rotatable bonds is 3. The van der Waals surface area contributed by atoms with E-state index in [0.29, 0.717) is 26.0 Å². The zero-order chi connectivity index (χ0) is 10.7. The molecule has 0 amide bonds. The number of aldehydes is 1. The van der Waals surface area contributed by atoms with E-state index in [0.717, 1.165) is 6.29 Å². The van der Waals surface area contributed by atoms with Crippen LogP contribution in [0.1, 0.15) is 10.4 Å². The topological polar surface area (TPSA) is 35.5 Å². The normalized spacial score (nSPS) is 9.71. The second kappa shape index (κ2) is 4.79. The summed E-state index contributed by atoms with van der Waals surface area (Å²) in [7, 11) is 3.05. The first kappa shape index (κ1) is 11.5. The first-order chi connectivity index (χ1) is 6.65. The molecular weight excluding hydrogens is 316 g/mol. The Bertz CT molecular complexity index is 364. The Balaban J connectivity index is 3.46. The SMILES string of the molecule is COc1c(Br)cc(C=O)c(OC)c1Br. The van der Waals surface area contributed by atoms with Gasteiger partial charge in [0, 0.05) is 0 Å². The van der Waals surface area contributed by atoms with E-state index in [1.54, 1.807) is 13.2 Å². The average Bonchev–Trinajstić information content (AvgIpc) is 2.17. The second-order valence-electron chi connectivity index (χ2n) is 2.45. The summed E-state index contributed by atoms with van der Waals surface area (Å²) in [5.41, 5.74) is 0.465. The Morgan fingerprint density at radius 2 is 1.79 bits per heavy atom. The maximum atomic E-state index is 10.7. The molecule has 1 aromatic carbocycles. The molecular formula is C9H8Br2O3. The van der Waals surface area contributed by atoms with Gasteiger partial charge in [0.25, 0.3) is 0 Å². The van der Waals surface area contributed by atoms with Crippen LogP contribution < -0.4 is 9.47 Å². The summed E-state index contributed by atoms with van der Waals surface area (Å²) in [5, 5.41) is 0. The lowest BCUT2D eigenvalue weighted by Gasteiger charge is -2.11. The molecule has 0 atom stereocenters. The summed E-state index contributed by atoms with van der Waals surface area (Å²) in [6.07, 6.45) is 0.730. The van der Waals surface area contributed by atoms with Crippen molar-refractivity contribution in [2.75, 3.05) is 14.2 Å². The molecule has 0 heterocycles. The molecule has 0 aliphatic rings. The molecule has 0 bridgehead atoms. The monoisotopic (exact) mass is 322 g/mol. The number of carbonyl (C=O) groups excluding carboxylic acids is 1. The lowest BCUT2D eigenvalue weighted by atomic mass is 10.2. The van der Waals surface area contributed by atoms with Gasteiger partial charge < -0.3 is 9.47 Å². The zero-order valence-electron chi connectivity index (χ0n) is 7.64. The molecule has 0 unspecified atom stereocenters. The number of hydrogen-bond donors (Lipinski definition) is 0. The number of benzene rings is 1. The highest BCUT2D eigenvalue weighted by Crippen LogP contribution is 2.41. The summed E-state index contributed by atoms with van der Waals surface area (Å²) >= 11 is 6.60. The smallest absolute Gasteiger partial charge is 0.153 e. The molecule has 5 heteroatoms. The third-order valence-corrected chi connectivity index (χ3v) is 3.00. The molecule has 0 saturated heterocycles. The van der Waals surface area contributed by atoms with Crippen LogP contribution in [0.15, 0.2) is 15.0 Å². The molecule has 14 heavy (non-hydrogen) atoms. The molecule has 0 aliphatic heterocycles. The summed E-state index contributed by atoms with van der Waals surface area (Å²) < 4.78 is 11.5. The van der Waals surface area contributed by atoms with Gasteiger partial charge in [-0.3, -0.25) is 4.79 Å². The van der Waals surface area contributed by atoms with Gasteiger partial charge in [-0.25, -0.2) is 0 Å². The highest BCUT2D eigenvalue weighted by Gasteiger charge is 2.15. The highest BCUT2D eigenvalue weighted by atomic mass is 79.9. The van der Waals surface area contributed by atoms with E-state index in [-0.39, 0.29) is 0 Å². The van der Waals surface area contributed by atoms with Crippen molar-refractivity contribution in [3.05, 3.63) is 20.6 Å². The first-order valence-electron chi connectivity index (χ1n) is 3.70. The van der Waals surface area contributed by atoms with Crippen LogP contribution in [0, 0.1) is 0 Å². The van der Waals surface area contributed by atoms with E-state index in [1.165, 1.54) is 7.11 Å². The van der Waals surface area contributed by atoms with E-state index in [9.17, 15) is 4.79 Å². The predicted octanol–water partition coefficient (Wildman–Crippen LogP) is 3.04. The van der Waals surface area contributed by atoms with Crippen LogP contribution >= 0.6 is 31.9 Å². The molecule has 0 spiro atoms. The van der Waals surface area contributed by atoms with Gasteiger partial charge in [0.2, 0.25) is 0 Å². The minimum absolute atomic E-state index is 0.465. The molecule has 3 nitrogen and oxygen atoms in total. The van der Waals surface area contributed by atoms with Crippen LogP contribution in [0.3, 0.4) is 0 Å². The van der Waals surface area contributed by atoms with Crippen molar-refractivity contribution >= 4 is 38.1 Å². The van der Waals surface area contributed by atoms with Crippen molar-refractivity contribution in [2.45, 2.75) is 0 Å². The molecule has 0 radical (unpaired) electrons.